The van der Waals surface area contributed by atoms with Gasteiger partial charge in [0.1, 0.15) is 5.82 Å². The SMILES string of the molecule is COC(=O)c1cc2cc(CO)c(CO)cc2c(-c2ccnc(N3CCC(=O)c4ccccc43)c2)c1C(=O)OC. The van der Waals surface area contributed by atoms with Gasteiger partial charge in [0.05, 0.1) is 44.2 Å². The molecule has 0 bridgehead atoms. The largest absolute Gasteiger partial charge is 0.465 e. The normalized spacial score (nSPS) is 12.8. The molecule has 3 aromatic carbocycles. The Morgan fingerprint density at radius 3 is 2.38 bits per heavy atom. The Hall–Kier alpha value is -4.60. The Morgan fingerprint density at radius 1 is 0.949 bits per heavy atom. The van der Waals surface area contributed by atoms with Gasteiger partial charge in [-0.05, 0) is 69.9 Å². The first-order valence-corrected chi connectivity index (χ1v) is 12.3. The van der Waals surface area contributed by atoms with Gasteiger partial charge in [-0.15, -0.1) is 0 Å². The minimum absolute atomic E-state index is 0.000217. The number of esters is 2. The van der Waals surface area contributed by atoms with Crippen LogP contribution >= 0.6 is 0 Å². The van der Waals surface area contributed by atoms with Crippen molar-refractivity contribution in [1.82, 2.24) is 4.98 Å². The molecule has 0 saturated carbocycles. The second-order valence-electron chi connectivity index (χ2n) is 9.06. The van der Waals surface area contributed by atoms with Gasteiger partial charge in [-0.25, -0.2) is 14.6 Å². The number of Topliss-reactive ketones (excluding diaryl/α,β-unsaturated/α-hetero) is 1. The lowest BCUT2D eigenvalue weighted by Gasteiger charge is -2.30. The Kier molecular flexibility index (Phi) is 7.10. The van der Waals surface area contributed by atoms with E-state index in [0.717, 1.165) is 5.69 Å². The maximum atomic E-state index is 13.2. The third kappa shape index (κ3) is 4.52. The number of rotatable bonds is 6. The fourth-order valence-electron chi connectivity index (χ4n) is 5.09. The fourth-order valence-corrected chi connectivity index (χ4v) is 5.09. The number of hydrogen-bond donors (Lipinski definition) is 2. The molecular formula is C30H26N2O7. The van der Waals surface area contributed by atoms with E-state index >= 15 is 0 Å². The molecule has 2 heterocycles. The average molecular weight is 527 g/mol. The molecule has 198 valence electrons. The zero-order valence-corrected chi connectivity index (χ0v) is 21.4. The first-order chi connectivity index (χ1) is 18.9. The van der Waals surface area contributed by atoms with Crippen molar-refractivity contribution >= 4 is 40.0 Å². The van der Waals surface area contributed by atoms with Crippen molar-refractivity contribution in [2.75, 3.05) is 25.7 Å². The molecule has 0 radical (unpaired) electrons. The predicted octanol–water partition coefficient (Wildman–Crippen LogP) is 4.18. The minimum Gasteiger partial charge on any atom is -0.465 e. The van der Waals surface area contributed by atoms with Crippen molar-refractivity contribution in [2.24, 2.45) is 0 Å². The molecule has 1 aliphatic rings. The van der Waals surface area contributed by atoms with Gasteiger partial charge < -0.3 is 24.6 Å². The number of ketones is 1. The molecule has 0 amide bonds. The molecule has 1 aromatic heterocycles. The maximum absolute atomic E-state index is 13.2. The molecule has 0 unspecified atom stereocenters. The number of para-hydroxylation sites is 1. The van der Waals surface area contributed by atoms with Crippen LogP contribution in [0.2, 0.25) is 0 Å². The lowest BCUT2D eigenvalue weighted by molar-refractivity contribution is 0.0556. The van der Waals surface area contributed by atoms with Gasteiger partial charge in [0, 0.05) is 30.3 Å². The summed E-state index contributed by atoms with van der Waals surface area (Å²) >= 11 is 0. The van der Waals surface area contributed by atoms with E-state index in [1.54, 1.807) is 36.5 Å². The second kappa shape index (κ2) is 10.6. The molecule has 0 atom stereocenters. The molecule has 2 N–H and O–H groups in total. The summed E-state index contributed by atoms with van der Waals surface area (Å²) in [5.74, 6) is -0.863. The summed E-state index contributed by atoms with van der Waals surface area (Å²) in [6.45, 7) is -0.231. The first kappa shape index (κ1) is 26.0. The molecule has 9 heteroatoms. The fraction of sp³-hybridized carbons (Fsp3) is 0.200. The molecule has 0 aliphatic carbocycles. The van der Waals surface area contributed by atoms with Crippen LogP contribution < -0.4 is 4.90 Å². The summed E-state index contributed by atoms with van der Waals surface area (Å²) in [6.07, 6.45) is 1.91. The van der Waals surface area contributed by atoms with Crippen molar-refractivity contribution in [2.45, 2.75) is 19.6 Å². The number of pyridine rings is 1. The highest BCUT2D eigenvalue weighted by molar-refractivity contribution is 6.16. The van der Waals surface area contributed by atoms with Crippen LogP contribution in [0.3, 0.4) is 0 Å². The van der Waals surface area contributed by atoms with Crippen molar-refractivity contribution in [3.8, 4) is 11.1 Å². The minimum atomic E-state index is -0.739. The van der Waals surface area contributed by atoms with Crippen molar-refractivity contribution < 1.29 is 34.1 Å². The molecule has 1 aliphatic heterocycles. The van der Waals surface area contributed by atoms with Crippen LogP contribution in [0.1, 0.15) is 48.6 Å². The van der Waals surface area contributed by atoms with Gasteiger partial charge in [-0.2, -0.15) is 0 Å². The summed E-state index contributed by atoms with van der Waals surface area (Å²) in [4.78, 5) is 45.0. The number of aliphatic hydroxyl groups is 2. The molecule has 39 heavy (non-hydrogen) atoms. The van der Waals surface area contributed by atoms with Crippen LogP contribution in [0.15, 0.2) is 60.8 Å². The van der Waals surface area contributed by atoms with Crippen LogP contribution in [0.4, 0.5) is 11.5 Å². The quantitative estimate of drug-likeness (QED) is 0.356. The Balaban J connectivity index is 1.82. The van der Waals surface area contributed by atoms with Crippen LogP contribution in [0.5, 0.6) is 0 Å². The zero-order chi connectivity index (χ0) is 27.7. The molecule has 4 aromatic rings. The number of nitrogens with zero attached hydrogens (tertiary/aromatic N) is 2. The molecule has 0 saturated heterocycles. The van der Waals surface area contributed by atoms with E-state index in [2.05, 4.69) is 4.98 Å². The van der Waals surface area contributed by atoms with Crippen LogP contribution in [-0.4, -0.2) is 53.7 Å². The van der Waals surface area contributed by atoms with E-state index < -0.39 is 11.9 Å². The number of fused-ring (bicyclic) bond motifs is 2. The van der Waals surface area contributed by atoms with Gasteiger partial charge in [-0.3, -0.25) is 4.79 Å². The zero-order valence-electron chi connectivity index (χ0n) is 21.4. The average Bonchev–Trinajstić information content (AvgIpc) is 2.98. The monoisotopic (exact) mass is 526 g/mol. The van der Waals surface area contributed by atoms with Gasteiger partial charge >= 0.3 is 11.9 Å². The van der Waals surface area contributed by atoms with Crippen molar-refractivity contribution in [3.63, 3.8) is 0 Å². The lowest BCUT2D eigenvalue weighted by atomic mass is 9.87. The third-order valence-electron chi connectivity index (χ3n) is 6.96. The van der Waals surface area contributed by atoms with Crippen LogP contribution in [0.25, 0.3) is 21.9 Å². The number of methoxy groups -OCH3 is 2. The van der Waals surface area contributed by atoms with E-state index in [0.29, 0.717) is 57.4 Å². The van der Waals surface area contributed by atoms with Crippen molar-refractivity contribution in [3.05, 3.63) is 88.6 Å². The first-order valence-electron chi connectivity index (χ1n) is 12.3. The smallest absolute Gasteiger partial charge is 0.339 e. The number of ether oxygens (including phenoxy) is 2. The third-order valence-corrected chi connectivity index (χ3v) is 6.96. The predicted molar refractivity (Wildman–Crippen MR) is 144 cm³/mol. The number of hydrogen-bond acceptors (Lipinski definition) is 9. The van der Waals surface area contributed by atoms with E-state index in [9.17, 15) is 24.6 Å². The standard InChI is InChI=1S/C30H26N2O7/c1-38-29(36)23-12-18-11-19(15-33)20(16-34)13-22(18)27(28(23)30(37)39-2)17-7-9-31-26(14-17)32-10-8-25(35)21-5-3-4-6-24(21)32/h3-7,9,11-14,33-34H,8,10,15-16H2,1-2H3. The molecule has 0 spiro atoms. The maximum Gasteiger partial charge on any atom is 0.339 e. The molecule has 5 rings (SSSR count). The molecule has 9 nitrogen and oxygen atoms in total. The van der Waals surface area contributed by atoms with E-state index in [4.69, 9.17) is 9.47 Å². The second-order valence-corrected chi connectivity index (χ2v) is 9.06. The number of aliphatic hydroxyl groups excluding tert-OH is 2. The van der Waals surface area contributed by atoms with Gasteiger partial charge in [0.2, 0.25) is 0 Å². The topological polar surface area (TPSA) is 126 Å². The highest BCUT2D eigenvalue weighted by atomic mass is 16.5. The van der Waals surface area contributed by atoms with Crippen LogP contribution in [-0.2, 0) is 22.7 Å². The number of benzene rings is 3. The lowest BCUT2D eigenvalue weighted by Crippen LogP contribution is -2.28. The van der Waals surface area contributed by atoms with E-state index in [1.165, 1.54) is 20.3 Å². The van der Waals surface area contributed by atoms with Crippen LogP contribution in [0, 0.1) is 0 Å². The molecule has 0 fully saturated rings. The Morgan fingerprint density at radius 2 is 1.67 bits per heavy atom. The summed E-state index contributed by atoms with van der Waals surface area (Å²) in [6, 6.07) is 15.7. The number of carbonyl (C=O) groups excluding carboxylic acids is 3. The summed E-state index contributed by atoms with van der Waals surface area (Å²) in [5, 5.41) is 21.0. The number of anilines is 2. The van der Waals surface area contributed by atoms with E-state index in [1.807, 2.05) is 23.1 Å². The van der Waals surface area contributed by atoms with Gasteiger partial charge in [0.25, 0.3) is 0 Å². The highest BCUT2D eigenvalue weighted by Crippen LogP contribution is 2.40. The van der Waals surface area contributed by atoms with E-state index in [-0.39, 0.29) is 30.1 Å². The summed E-state index contributed by atoms with van der Waals surface area (Å²) in [7, 11) is 2.45. The highest BCUT2D eigenvalue weighted by Gasteiger charge is 2.28. The number of aromatic nitrogens is 1. The molecular weight excluding hydrogens is 500 g/mol. The van der Waals surface area contributed by atoms with Gasteiger partial charge in [0.15, 0.2) is 5.78 Å². The van der Waals surface area contributed by atoms with Gasteiger partial charge in [-0.1, -0.05) is 12.1 Å². The number of carbonyl (C=O) groups is 3. The Bertz CT molecular complexity index is 1630. The summed E-state index contributed by atoms with van der Waals surface area (Å²) < 4.78 is 10.1. The summed E-state index contributed by atoms with van der Waals surface area (Å²) in [5.41, 5.74) is 3.26. The van der Waals surface area contributed by atoms with Crippen molar-refractivity contribution in [1.29, 1.82) is 0 Å². The Labute approximate surface area is 224 Å².